The van der Waals surface area contributed by atoms with Gasteiger partial charge in [0.1, 0.15) is 0 Å². The molecule has 0 radical (unpaired) electrons. The smallest absolute Gasteiger partial charge is 0.332 e. The van der Waals surface area contributed by atoms with Gasteiger partial charge in [-0.15, -0.1) is 0 Å². The van der Waals surface area contributed by atoms with Gasteiger partial charge >= 0.3 is 6.03 Å². The Bertz CT molecular complexity index is 1160. The van der Waals surface area contributed by atoms with Crippen LogP contribution in [0.2, 0.25) is 0 Å². The topological polar surface area (TPSA) is 67.6 Å². The zero-order chi connectivity index (χ0) is 22.9. The number of rotatable bonds is 5. The van der Waals surface area contributed by atoms with E-state index in [0.29, 0.717) is 16.8 Å². The first kappa shape index (κ1) is 21.6. The Morgan fingerprint density at radius 3 is 2.03 bits per heavy atom. The Morgan fingerprint density at radius 2 is 1.50 bits per heavy atom. The van der Waals surface area contributed by atoms with Crippen molar-refractivity contribution in [2.45, 2.75) is 45.4 Å². The van der Waals surface area contributed by atoms with Crippen LogP contribution in [0.25, 0.3) is 0 Å². The molecule has 3 aromatic carbocycles. The molecule has 1 saturated heterocycles. The number of urea groups is 1. The molecule has 2 atom stereocenters. The Balaban J connectivity index is 1.88. The molecule has 1 N–H and O–H groups in total. The molecule has 32 heavy (non-hydrogen) atoms. The quantitative estimate of drug-likeness (QED) is 0.598. The van der Waals surface area contributed by atoms with Crippen molar-refractivity contribution in [1.29, 1.82) is 5.26 Å². The van der Waals surface area contributed by atoms with Crippen LogP contribution >= 0.6 is 0 Å². The maximum absolute atomic E-state index is 13.8. The van der Waals surface area contributed by atoms with Crippen LogP contribution in [0.15, 0.2) is 72.8 Å². The summed E-state index contributed by atoms with van der Waals surface area (Å²) in [6.45, 7) is 6.00. The lowest BCUT2D eigenvalue weighted by atomic mass is 9.93. The van der Waals surface area contributed by atoms with Crippen molar-refractivity contribution < 1.29 is 9.90 Å². The number of aliphatic hydroxyl groups is 1. The van der Waals surface area contributed by atoms with Crippen molar-refractivity contribution in [2.75, 3.05) is 9.80 Å². The summed E-state index contributed by atoms with van der Waals surface area (Å²) in [5.41, 5.74) is 2.94. The van der Waals surface area contributed by atoms with E-state index >= 15 is 0 Å². The molecule has 5 heteroatoms. The largest absolute Gasteiger partial charge is 0.365 e. The van der Waals surface area contributed by atoms with Gasteiger partial charge in [0, 0.05) is 16.9 Å². The second kappa shape index (κ2) is 8.49. The molecule has 0 aliphatic carbocycles. The number of anilines is 2. The lowest BCUT2D eigenvalue weighted by Gasteiger charge is -2.35. The van der Waals surface area contributed by atoms with Crippen molar-refractivity contribution in [2.24, 2.45) is 0 Å². The summed E-state index contributed by atoms with van der Waals surface area (Å²) in [4.78, 5) is 16.9. The SMILES string of the molecule is CCc1ccc(N2C(=O)N(c3ccc(CC)cc3)C(O)(c3cccc(C#N)c3)[C@@H]2C)cc1. The summed E-state index contributed by atoms with van der Waals surface area (Å²) in [7, 11) is 0. The minimum absolute atomic E-state index is 0.309. The van der Waals surface area contributed by atoms with Gasteiger partial charge in [0.15, 0.2) is 5.72 Å². The normalized spacial score (nSPS) is 20.5. The maximum atomic E-state index is 13.8. The molecule has 0 bridgehead atoms. The van der Waals surface area contributed by atoms with E-state index in [9.17, 15) is 15.2 Å². The van der Waals surface area contributed by atoms with Crippen LogP contribution < -0.4 is 9.80 Å². The molecule has 4 rings (SSSR count). The van der Waals surface area contributed by atoms with E-state index in [4.69, 9.17) is 0 Å². The minimum Gasteiger partial charge on any atom is -0.365 e. The molecule has 0 aromatic heterocycles. The molecule has 1 heterocycles. The predicted octanol–water partition coefficient (Wildman–Crippen LogP) is 5.36. The lowest BCUT2D eigenvalue weighted by Crippen LogP contribution is -2.48. The predicted molar refractivity (Wildman–Crippen MR) is 127 cm³/mol. The molecule has 1 aliphatic rings. The van der Waals surface area contributed by atoms with Gasteiger partial charge < -0.3 is 5.11 Å². The molecule has 1 unspecified atom stereocenters. The average molecular weight is 426 g/mol. The van der Waals surface area contributed by atoms with Crippen LogP contribution in [0.3, 0.4) is 0 Å². The van der Waals surface area contributed by atoms with E-state index in [1.165, 1.54) is 10.5 Å². The number of carbonyl (C=O) groups excluding carboxylic acids is 1. The second-order valence-electron chi connectivity index (χ2n) is 8.12. The van der Waals surface area contributed by atoms with Crippen LogP contribution in [-0.4, -0.2) is 17.2 Å². The van der Waals surface area contributed by atoms with Crippen molar-refractivity contribution in [3.8, 4) is 6.07 Å². The third-order valence-electron chi connectivity index (χ3n) is 6.35. The fourth-order valence-corrected chi connectivity index (χ4v) is 4.39. The fraction of sp³-hybridized carbons (Fsp3) is 0.259. The Kier molecular flexibility index (Phi) is 5.73. The molecule has 2 amide bonds. The highest BCUT2D eigenvalue weighted by molar-refractivity contribution is 6.08. The zero-order valence-electron chi connectivity index (χ0n) is 18.6. The summed E-state index contributed by atoms with van der Waals surface area (Å²) in [6, 6.07) is 23.6. The van der Waals surface area contributed by atoms with Gasteiger partial charge in [-0.05, 0) is 67.3 Å². The second-order valence-corrected chi connectivity index (χ2v) is 8.12. The van der Waals surface area contributed by atoms with Gasteiger partial charge in [0.2, 0.25) is 0 Å². The fourth-order valence-electron chi connectivity index (χ4n) is 4.39. The molecule has 5 nitrogen and oxygen atoms in total. The molecule has 162 valence electrons. The first-order valence-electron chi connectivity index (χ1n) is 11.0. The highest BCUT2D eigenvalue weighted by Crippen LogP contribution is 2.44. The molecule has 1 aliphatic heterocycles. The summed E-state index contributed by atoms with van der Waals surface area (Å²) < 4.78 is 0. The number of carbonyl (C=O) groups is 1. The van der Waals surface area contributed by atoms with Gasteiger partial charge in [0.25, 0.3) is 0 Å². The number of benzene rings is 3. The summed E-state index contributed by atoms with van der Waals surface area (Å²) in [6.07, 6.45) is 1.79. The Labute approximate surface area is 189 Å². The van der Waals surface area contributed by atoms with E-state index in [0.717, 1.165) is 24.1 Å². The van der Waals surface area contributed by atoms with E-state index in [1.807, 2.05) is 55.5 Å². The molecule has 1 fully saturated rings. The minimum atomic E-state index is -1.65. The molecule has 0 spiro atoms. The number of hydrogen-bond donors (Lipinski definition) is 1. The maximum Gasteiger partial charge on any atom is 0.332 e. The number of nitriles is 1. The van der Waals surface area contributed by atoms with Gasteiger partial charge in [-0.2, -0.15) is 5.26 Å². The highest BCUT2D eigenvalue weighted by Gasteiger charge is 2.56. The van der Waals surface area contributed by atoms with E-state index in [-0.39, 0.29) is 6.03 Å². The van der Waals surface area contributed by atoms with Crippen LogP contribution in [0, 0.1) is 11.3 Å². The van der Waals surface area contributed by atoms with Gasteiger partial charge in [-0.25, -0.2) is 4.79 Å². The lowest BCUT2D eigenvalue weighted by molar-refractivity contribution is 0.0372. The molecule has 0 saturated carbocycles. The Hall–Kier alpha value is -3.62. The standard InChI is InChI=1S/C27H27N3O2/c1-4-20-9-13-24(14-10-20)29-19(3)27(32,23-8-6-7-22(17-23)18-28)30(26(29)31)25-15-11-21(5-2)12-16-25/h6-17,19,32H,4-5H2,1-3H3/t19-,27?/m0/s1. The first-order chi connectivity index (χ1) is 15.4. The van der Waals surface area contributed by atoms with Crippen LogP contribution in [0.1, 0.15) is 43.0 Å². The van der Waals surface area contributed by atoms with Crippen molar-refractivity contribution in [3.05, 3.63) is 95.1 Å². The molecule has 3 aromatic rings. The van der Waals surface area contributed by atoms with Crippen LogP contribution in [-0.2, 0) is 18.6 Å². The van der Waals surface area contributed by atoms with E-state index < -0.39 is 11.8 Å². The van der Waals surface area contributed by atoms with Gasteiger partial charge in [0.05, 0.1) is 17.7 Å². The van der Waals surface area contributed by atoms with Crippen molar-refractivity contribution in [3.63, 3.8) is 0 Å². The first-order valence-corrected chi connectivity index (χ1v) is 11.0. The van der Waals surface area contributed by atoms with Crippen LogP contribution in [0.4, 0.5) is 16.2 Å². The van der Waals surface area contributed by atoms with Gasteiger partial charge in [-0.1, -0.05) is 50.2 Å². The van der Waals surface area contributed by atoms with Gasteiger partial charge in [-0.3, -0.25) is 9.80 Å². The molecular weight excluding hydrogens is 398 g/mol. The molecular formula is C27H27N3O2. The monoisotopic (exact) mass is 425 g/mol. The highest BCUT2D eigenvalue weighted by atomic mass is 16.3. The number of nitrogens with zero attached hydrogens (tertiary/aromatic N) is 3. The zero-order valence-corrected chi connectivity index (χ0v) is 18.6. The number of amides is 2. The van der Waals surface area contributed by atoms with Crippen molar-refractivity contribution >= 4 is 17.4 Å². The number of hydrogen-bond acceptors (Lipinski definition) is 3. The van der Waals surface area contributed by atoms with E-state index in [2.05, 4.69) is 19.9 Å². The summed E-state index contributed by atoms with van der Waals surface area (Å²) in [5.74, 6) is 0. The average Bonchev–Trinajstić information content (AvgIpc) is 3.05. The summed E-state index contributed by atoms with van der Waals surface area (Å²) >= 11 is 0. The van der Waals surface area contributed by atoms with Crippen LogP contribution in [0.5, 0.6) is 0 Å². The van der Waals surface area contributed by atoms with E-state index in [1.54, 1.807) is 29.2 Å². The third-order valence-corrected chi connectivity index (χ3v) is 6.35. The van der Waals surface area contributed by atoms with Crippen molar-refractivity contribution in [1.82, 2.24) is 0 Å². The summed E-state index contributed by atoms with van der Waals surface area (Å²) in [5, 5.41) is 21.6. The number of aryl methyl sites for hydroxylation is 2. The third kappa shape index (κ3) is 3.43. The Morgan fingerprint density at radius 1 is 0.938 bits per heavy atom.